The minimum Gasteiger partial charge on any atom is -1.00 e. The van der Waals surface area contributed by atoms with Crippen LogP contribution in [0.4, 0.5) is 0 Å². The maximum Gasteiger partial charge on any atom is 1.00 e. The molecule has 0 aromatic carbocycles. The third-order valence-corrected chi connectivity index (χ3v) is 0. The van der Waals surface area contributed by atoms with Gasteiger partial charge in [-0.15, -0.1) is 0 Å². The fourth-order valence-corrected chi connectivity index (χ4v) is 0. The van der Waals surface area contributed by atoms with Gasteiger partial charge in [0.1, 0.15) is 0 Å². The fourth-order valence-electron chi connectivity index (χ4n) is 0. The van der Waals surface area contributed by atoms with Gasteiger partial charge in [0, 0.05) is 0 Å². The zero-order chi connectivity index (χ0) is 7.15. The van der Waals surface area contributed by atoms with E-state index >= 15 is 0 Å². The van der Waals surface area contributed by atoms with Gasteiger partial charge < -0.3 is 31.6 Å². The number of hydrogen-bond acceptors (Lipinski definition) is 6. The Morgan fingerprint density at radius 2 is 1.11 bits per heavy atom. The first kappa shape index (κ1) is 16.5. The second-order valence-corrected chi connectivity index (χ2v) is 0.615. The summed E-state index contributed by atoms with van der Waals surface area (Å²) in [6.07, 6.45) is 0. The van der Waals surface area contributed by atoms with Crippen molar-refractivity contribution >= 4 is 14.6 Å². The van der Waals surface area contributed by atoms with Crippen LogP contribution >= 0.6 is 0 Å². The molecule has 0 rings (SSSR count). The molecular formula is H7B2NaO6. The van der Waals surface area contributed by atoms with E-state index in [-0.39, 0.29) is 36.7 Å². The summed E-state index contributed by atoms with van der Waals surface area (Å²) in [7, 11) is -5.33. The van der Waals surface area contributed by atoms with Crippen molar-refractivity contribution in [1.29, 1.82) is 0 Å². The van der Waals surface area contributed by atoms with Gasteiger partial charge in [0.25, 0.3) is 0 Å². The zero-order valence-electron chi connectivity index (χ0n) is 9.68. The standard InChI is InChI=1S/BH2O3.BO3.Na.H/c2*2-1(3)4;;/h2-3H;;;/q-1;-3;+1;-1/p+4. The number of hydrogen-bond donors (Lipinski definition) is 2. The summed E-state index contributed by atoms with van der Waals surface area (Å²) < 4.78 is 0. The maximum absolute atomic E-state index is 8.64. The van der Waals surface area contributed by atoms with Gasteiger partial charge >= 0.3 is 42.6 Å². The van der Waals surface area contributed by atoms with Crippen LogP contribution in [-0.2, 0) is 0 Å². The molecule has 6 nitrogen and oxygen atoms in total. The number of rotatable bonds is 0. The van der Waals surface area contributed by atoms with Crippen molar-refractivity contribution in [3.63, 3.8) is 0 Å². The molecule has 0 aliphatic heterocycles. The monoisotopic (exact) mass is 148 g/mol. The Kier molecular flexibility index (Phi) is 21.3. The van der Waals surface area contributed by atoms with Crippen LogP contribution in [0.25, 0.3) is 0 Å². The van der Waals surface area contributed by atoms with Crippen LogP contribution in [0, 0.1) is 0 Å². The van der Waals surface area contributed by atoms with Crippen molar-refractivity contribution < 1.29 is 66.8 Å². The molecule has 2 N–H and O–H groups in total. The molecule has 0 aromatic rings. The first-order chi connectivity index (χ1) is 3.46. The molecule has 9 heavy (non-hydrogen) atoms. The molecule has 0 unspecified atom stereocenters. The van der Waals surface area contributed by atoms with Gasteiger partial charge in [0.2, 0.25) is 0 Å². The van der Waals surface area contributed by atoms with E-state index in [1.54, 1.807) is 0 Å². The molecule has 0 spiro atoms. The van der Waals surface area contributed by atoms with Crippen LogP contribution in [0.5, 0.6) is 0 Å². The molecule has 0 bridgehead atoms. The quantitative estimate of drug-likeness (QED) is 0.327. The first-order valence-electron chi connectivity index (χ1n) is 1.46. The minimum atomic E-state index is -2.92. The molecule has 0 aliphatic rings. The molecule has 0 saturated heterocycles. The summed E-state index contributed by atoms with van der Waals surface area (Å²) in [5.74, 6) is 0. The van der Waals surface area contributed by atoms with E-state index in [1.165, 1.54) is 0 Å². The van der Waals surface area contributed by atoms with E-state index in [2.05, 4.69) is 0 Å². The van der Waals surface area contributed by atoms with Gasteiger partial charge in [-0.1, -0.05) is 0 Å². The van der Waals surface area contributed by atoms with Gasteiger partial charge in [-0.3, -0.25) is 7.32 Å². The van der Waals surface area contributed by atoms with E-state index in [0.717, 1.165) is 0 Å². The summed E-state index contributed by atoms with van der Waals surface area (Å²) >= 11 is 0. The summed E-state index contributed by atoms with van der Waals surface area (Å²) in [4.78, 5) is 0. The van der Waals surface area contributed by atoms with Crippen LogP contribution in [0.3, 0.4) is 0 Å². The van der Waals surface area contributed by atoms with Crippen molar-refractivity contribution in [3.05, 3.63) is 0 Å². The van der Waals surface area contributed by atoms with Crippen LogP contribution < -0.4 is 49.7 Å². The average molecular weight is 148 g/mol. The Bertz CT molecular complexity index is 39.7. The van der Waals surface area contributed by atoms with Gasteiger partial charge in [-0.25, -0.2) is 0 Å². The predicted octanol–water partition coefficient (Wildman–Crippen LogP) is -9.07. The first-order valence-corrected chi connectivity index (χ1v) is 1.46. The third kappa shape index (κ3) is 533. The van der Waals surface area contributed by atoms with Crippen molar-refractivity contribution in [1.82, 2.24) is 0 Å². The van der Waals surface area contributed by atoms with Crippen LogP contribution in [0.15, 0.2) is 0 Å². The van der Waals surface area contributed by atoms with E-state index in [0.29, 0.717) is 0 Å². The van der Waals surface area contributed by atoms with E-state index in [9.17, 15) is 0 Å². The summed E-state index contributed by atoms with van der Waals surface area (Å²) in [5, 5.41) is 48.0. The second kappa shape index (κ2) is 11.7. The van der Waals surface area contributed by atoms with Crippen LogP contribution in [0.1, 0.15) is 7.13 Å². The molecule has 0 radical (unpaired) electrons. The normalized spacial score (nSPS) is 6.00. The molecular weight excluding hydrogens is 141 g/mol. The molecule has 50 valence electrons. The third-order valence-electron chi connectivity index (χ3n) is 0. The molecule has 0 amide bonds. The Morgan fingerprint density at radius 3 is 1.11 bits per heavy atom. The SMILES string of the molecule is [H+].[H+].[H+].[H+].[H-].[Na+].[O-]B(O)O.[O-]B([O-])[O-]. The minimum absolute atomic E-state index is 0. The maximum atomic E-state index is 8.64. The zero-order valence-corrected chi connectivity index (χ0v) is 6.68. The summed E-state index contributed by atoms with van der Waals surface area (Å²) in [5.41, 5.74) is 0. The Morgan fingerprint density at radius 1 is 1.11 bits per heavy atom. The molecule has 0 heterocycles. The topological polar surface area (TPSA) is 133 Å². The molecule has 9 heteroatoms. The van der Waals surface area contributed by atoms with Crippen molar-refractivity contribution in [2.24, 2.45) is 0 Å². The molecule has 0 saturated carbocycles. The molecule has 0 aromatic heterocycles. The van der Waals surface area contributed by atoms with Gasteiger partial charge in [0.15, 0.2) is 0 Å². The summed E-state index contributed by atoms with van der Waals surface area (Å²) in [6, 6.07) is 0. The largest absolute Gasteiger partial charge is 1.00 e. The van der Waals surface area contributed by atoms with Gasteiger partial charge in [-0.2, -0.15) is 0 Å². The molecule has 0 atom stereocenters. The Labute approximate surface area is 81.8 Å². The Balaban J connectivity index is -0.00000000600. The fraction of sp³-hybridized carbons (Fsp3) is 0. The van der Waals surface area contributed by atoms with E-state index in [4.69, 9.17) is 30.1 Å². The molecule has 0 aliphatic carbocycles. The van der Waals surface area contributed by atoms with E-state index < -0.39 is 14.6 Å². The van der Waals surface area contributed by atoms with Crippen LogP contribution in [0.2, 0.25) is 0 Å². The smallest absolute Gasteiger partial charge is 1.00 e. The van der Waals surface area contributed by atoms with Crippen molar-refractivity contribution in [2.75, 3.05) is 0 Å². The molecule has 0 fully saturated rings. The average Bonchev–Trinajstić information content (AvgIpc) is 1.25. The van der Waals surface area contributed by atoms with Crippen molar-refractivity contribution in [3.8, 4) is 0 Å². The van der Waals surface area contributed by atoms with Gasteiger partial charge in [0.05, 0.1) is 0 Å². The van der Waals surface area contributed by atoms with Gasteiger partial charge in [-0.05, 0) is 0 Å². The Hall–Kier alpha value is 0.890. The second-order valence-electron chi connectivity index (χ2n) is 0.615. The van der Waals surface area contributed by atoms with Crippen LogP contribution in [-0.4, -0.2) is 24.7 Å². The summed E-state index contributed by atoms with van der Waals surface area (Å²) in [6.45, 7) is 0. The van der Waals surface area contributed by atoms with E-state index in [1.807, 2.05) is 0 Å². The predicted molar refractivity (Wildman–Crippen MR) is 21.5 cm³/mol. The van der Waals surface area contributed by atoms with Crippen molar-refractivity contribution in [2.45, 2.75) is 0 Å².